The number of halogens is 1. The van der Waals surface area contributed by atoms with Crippen molar-refractivity contribution in [3.8, 4) is 0 Å². The fraction of sp³-hybridized carbons (Fsp3) is 0.385. The third kappa shape index (κ3) is 3.86. The van der Waals surface area contributed by atoms with Crippen LogP contribution in [0.4, 0.5) is 0 Å². The molecule has 19 heavy (non-hydrogen) atoms. The Hall–Kier alpha value is -1.75. The lowest BCUT2D eigenvalue weighted by Crippen LogP contribution is -2.24. The van der Waals surface area contributed by atoms with E-state index in [0.717, 1.165) is 13.0 Å². The lowest BCUT2D eigenvalue weighted by Gasteiger charge is -2.04. The molecule has 102 valence electrons. The Bertz CT molecular complexity index is 520. The van der Waals surface area contributed by atoms with Gasteiger partial charge in [0.15, 0.2) is 5.76 Å². The van der Waals surface area contributed by atoms with Gasteiger partial charge >= 0.3 is 0 Å². The molecule has 1 atom stereocenters. The molecule has 0 aromatic carbocycles. The van der Waals surface area contributed by atoms with E-state index in [-0.39, 0.29) is 11.3 Å². The molecular weight excluding hydrogens is 266 g/mol. The van der Waals surface area contributed by atoms with Crippen LogP contribution in [-0.4, -0.2) is 22.0 Å². The van der Waals surface area contributed by atoms with Crippen molar-refractivity contribution >= 4 is 17.5 Å². The lowest BCUT2D eigenvalue weighted by molar-refractivity contribution is 0.0923. The molecule has 5 nitrogen and oxygen atoms in total. The maximum atomic E-state index is 11.8. The minimum Gasteiger partial charge on any atom is -0.454 e. The first-order valence-electron chi connectivity index (χ1n) is 6.14. The van der Waals surface area contributed by atoms with Gasteiger partial charge in [0.25, 0.3) is 5.91 Å². The standard InChI is InChI=1S/C13H16ClN3O2/c1-10(14)11-3-4-12(19-11)13(18)16-5-2-7-17-8-6-15-9-17/h3-4,6,8-10H,2,5,7H2,1H3,(H,16,18). The molecule has 0 spiro atoms. The van der Waals surface area contributed by atoms with Gasteiger partial charge in [0.05, 0.1) is 11.7 Å². The third-order valence-corrected chi connectivity index (χ3v) is 2.90. The first-order valence-corrected chi connectivity index (χ1v) is 6.58. The van der Waals surface area contributed by atoms with Crippen molar-refractivity contribution in [2.75, 3.05) is 6.54 Å². The first-order chi connectivity index (χ1) is 9.16. The molecule has 0 bridgehead atoms. The molecule has 0 aliphatic carbocycles. The Morgan fingerprint density at radius 2 is 2.42 bits per heavy atom. The van der Waals surface area contributed by atoms with Crippen LogP contribution in [0.25, 0.3) is 0 Å². The van der Waals surface area contributed by atoms with Gasteiger partial charge in [0.1, 0.15) is 5.76 Å². The molecule has 1 amide bonds. The summed E-state index contributed by atoms with van der Waals surface area (Å²) in [6, 6.07) is 3.36. The molecule has 6 heteroatoms. The Kier molecular flexibility index (Phi) is 4.63. The second-order valence-electron chi connectivity index (χ2n) is 4.23. The van der Waals surface area contributed by atoms with Gasteiger partial charge in [-0.05, 0) is 25.5 Å². The van der Waals surface area contributed by atoms with E-state index in [1.165, 1.54) is 0 Å². The minimum atomic E-state index is -0.234. The second-order valence-corrected chi connectivity index (χ2v) is 4.88. The van der Waals surface area contributed by atoms with Crippen molar-refractivity contribution < 1.29 is 9.21 Å². The van der Waals surface area contributed by atoms with E-state index in [1.54, 1.807) is 31.6 Å². The number of nitrogens with zero attached hydrogens (tertiary/aromatic N) is 2. The van der Waals surface area contributed by atoms with Crippen LogP contribution in [-0.2, 0) is 6.54 Å². The summed E-state index contributed by atoms with van der Waals surface area (Å²) in [7, 11) is 0. The summed E-state index contributed by atoms with van der Waals surface area (Å²) in [5, 5.41) is 2.57. The molecule has 0 aliphatic heterocycles. The summed E-state index contributed by atoms with van der Waals surface area (Å²) >= 11 is 5.87. The third-order valence-electron chi connectivity index (χ3n) is 2.68. The van der Waals surface area contributed by atoms with Gasteiger partial charge in [-0.15, -0.1) is 11.6 Å². The van der Waals surface area contributed by atoms with Crippen molar-refractivity contribution in [1.82, 2.24) is 14.9 Å². The van der Waals surface area contributed by atoms with Crippen molar-refractivity contribution in [2.45, 2.75) is 25.3 Å². The number of hydrogen-bond donors (Lipinski definition) is 1. The van der Waals surface area contributed by atoms with Crippen LogP contribution in [0.3, 0.4) is 0 Å². The highest BCUT2D eigenvalue weighted by atomic mass is 35.5. The quantitative estimate of drug-likeness (QED) is 0.654. The zero-order valence-corrected chi connectivity index (χ0v) is 11.4. The predicted molar refractivity (Wildman–Crippen MR) is 72.2 cm³/mol. The average molecular weight is 282 g/mol. The molecule has 0 aliphatic rings. The van der Waals surface area contributed by atoms with E-state index in [9.17, 15) is 4.79 Å². The molecule has 2 aromatic rings. The summed E-state index contributed by atoms with van der Waals surface area (Å²) in [6.45, 7) is 3.21. The normalized spacial score (nSPS) is 12.3. The van der Waals surface area contributed by atoms with Crippen LogP contribution in [0.5, 0.6) is 0 Å². The smallest absolute Gasteiger partial charge is 0.286 e. The Balaban J connectivity index is 1.74. The highest BCUT2D eigenvalue weighted by molar-refractivity contribution is 6.20. The molecule has 1 unspecified atom stereocenters. The molecule has 1 N–H and O–H groups in total. The topological polar surface area (TPSA) is 60.1 Å². The van der Waals surface area contributed by atoms with Crippen molar-refractivity contribution in [2.24, 2.45) is 0 Å². The van der Waals surface area contributed by atoms with Crippen molar-refractivity contribution in [3.63, 3.8) is 0 Å². The molecule has 0 radical (unpaired) electrons. The largest absolute Gasteiger partial charge is 0.454 e. The summed E-state index contributed by atoms with van der Waals surface area (Å²) in [6.07, 6.45) is 6.21. The fourth-order valence-electron chi connectivity index (χ4n) is 1.66. The zero-order chi connectivity index (χ0) is 13.7. The molecule has 0 saturated heterocycles. The number of amides is 1. The van der Waals surface area contributed by atoms with Crippen LogP contribution in [0.1, 0.15) is 35.0 Å². The number of furan rings is 1. The number of carbonyl (C=O) groups is 1. The van der Waals surface area contributed by atoms with E-state index in [4.69, 9.17) is 16.0 Å². The first kappa shape index (κ1) is 13.7. The van der Waals surface area contributed by atoms with Crippen LogP contribution in [0.2, 0.25) is 0 Å². The van der Waals surface area contributed by atoms with E-state index in [0.29, 0.717) is 18.1 Å². The number of hydrogen-bond acceptors (Lipinski definition) is 3. The Morgan fingerprint density at radius 1 is 1.58 bits per heavy atom. The van der Waals surface area contributed by atoms with Gasteiger partial charge in [0.2, 0.25) is 0 Å². The van der Waals surface area contributed by atoms with Crippen LogP contribution < -0.4 is 5.32 Å². The molecule has 2 heterocycles. The van der Waals surface area contributed by atoms with E-state index in [1.807, 2.05) is 10.8 Å². The van der Waals surface area contributed by atoms with Crippen LogP contribution in [0.15, 0.2) is 35.3 Å². The van der Waals surface area contributed by atoms with E-state index in [2.05, 4.69) is 10.3 Å². The molecule has 0 fully saturated rings. The SMILES string of the molecule is CC(Cl)c1ccc(C(=O)NCCCn2ccnc2)o1. The number of aromatic nitrogens is 2. The zero-order valence-electron chi connectivity index (χ0n) is 10.7. The molecular formula is C13H16ClN3O2. The Labute approximate surface area is 116 Å². The van der Waals surface area contributed by atoms with Crippen LogP contribution >= 0.6 is 11.6 Å². The maximum Gasteiger partial charge on any atom is 0.286 e. The van der Waals surface area contributed by atoms with Gasteiger partial charge in [-0.1, -0.05) is 0 Å². The lowest BCUT2D eigenvalue weighted by atomic mass is 10.3. The van der Waals surface area contributed by atoms with Crippen LogP contribution in [0, 0.1) is 0 Å². The van der Waals surface area contributed by atoms with Gasteiger partial charge < -0.3 is 14.3 Å². The average Bonchev–Trinajstić information content (AvgIpc) is 3.05. The highest BCUT2D eigenvalue weighted by Crippen LogP contribution is 2.21. The van der Waals surface area contributed by atoms with Gasteiger partial charge in [0, 0.05) is 25.5 Å². The minimum absolute atomic E-state index is 0.214. The monoisotopic (exact) mass is 281 g/mol. The number of aryl methyl sites for hydroxylation is 1. The molecule has 0 saturated carbocycles. The number of alkyl halides is 1. The number of imidazole rings is 1. The predicted octanol–water partition coefficient (Wildman–Crippen LogP) is 2.60. The number of nitrogens with one attached hydrogen (secondary N) is 1. The maximum absolute atomic E-state index is 11.8. The Morgan fingerprint density at radius 3 is 3.05 bits per heavy atom. The van der Waals surface area contributed by atoms with Crippen molar-refractivity contribution in [1.29, 1.82) is 0 Å². The fourth-order valence-corrected chi connectivity index (χ4v) is 1.78. The summed E-state index contributed by atoms with van der Waals surface area (Å²) in [5.41, 5.74) is 0. The molecule has 2 rings (SSSR count). The van der Waals surface area contributed by atoms with Crippen molar-refractivity contribution in [3.05, 3.63) is 42.4 Å². The number of carbonyl (C=O) groups excluding carboxylic acids is 1. The summed E-state index contributed by atoms with van der Waals surface area (Å²) in [4.78, 5) is 15.7. The summed E-state index contributed by atoms with van der Waals surface area (Å²) in [5.74, 6) is 0.685. The van der Waals surface area contributed by atoms with E-state index < -0.39 is 0 Å². The van der Waals surface area contributed by atoms with E-state index >= 15 is 0 Å². The van der Waals surface area contributed by atoms with Gasteiger partial charge in [-0.2, -0.15) is 0 Å². The second kappa shape index (κ2) is 6.43. The summed E-state index contributed by atoms with van der Waals surface area (Å²) < 4.78 is 7.32. The highest BCUT2D eigenvalue weighted by Gasteiger charge is 2.12. The number of rotatable bonds is 6. The van der Waals surface area contributed by atoms with Gasteiger partial charge in [-0.3, -0.25) is 4.79 Å². The van der Waals surface area contributed by atoms with Gasteiger partial charge in [-0.25, -0.2) is 4.98 Å². The molecule has 2 aromatic heterocycles.